The number of anilines is 1. The van der Waals surface area contributed by atoms with Crippen LogP contribution in [0, 0.1) is 5.82 Å². The van der Waals surface area contributed by atoms with Crippen LogP contribution in [-0.2, 0) is 23.0 Å². The van der Waals surface area contributed by atoms with E-state index in [2.05, 4.69) is 15.3 Å². The van der Waals surface area contributed by atoms with Gasteiger partial charge in [-0.1, -0.05) is 19.1 Å². The summed E-state index contributed by atoms with van der Waals surface area (Å²) in [6.07, 6.45) is 1.74. The zero-order valence-corrected chi connectivity index (χ0v) is 12.2. The molecule has 0 aliphatic carbocycles. The molecule has 8 heteroatoms. The Balaban J connectivity index is 2.17. The standard InChI is InChI=1S/C13H15FN4O2S/c1-2-11-12(14)13(18-8-17-11)16-7-9-4-3-5-10(6-9)21(15,19)20/h3-6,8H,2,7H2,1H3,(H2,15,19,20)(H,16,17,18). The predicted molar refractivity (Wildman–Crippen MR) is 76.5 cm³/mol. The number of benzene rings is 1. The lowest BCUT2D eigenvalue weighted by molar-refractivity contribution is 0.595. The maximum Gasteiger partial charge on any atom is 0.238 e. The largest absolute Gasteiger partial charge is 0.363 e. The third-order valence-electron chi connectivity index (χ3n) is 2.88. The summed E-state index contributed by atoms with van der Waals surface area (Å²) in [5, 5.41) is 7.89. The summed E-state index contributed by atoms with van der Waals surface area (Å²) in [7, 11) is -3.75. The van der Waals surface area contributed by atoms with E-state index in [1.807, 2.05) is 0 Å². The average Bonchev–Trinajstić information content (AvgIpc) is 2.45. The van der Waals surface area contributed by atoms with Crippen molar-refractivity contribution >= 4 is 15.8 Å². The molecule has 21 heavy (non-hydrogen) atoms. The fourth-order valence-corrected chi connectivity index (χ4v) is 2.38. The van der Waals surface area contributed by atoms with Gasteiger partial charge in [-0.15, -0.1) is 0 Å². The van der Waals surface area contributed by atoms with Gasteiger partial charge in [-0.2, -0.15) is 0 Å². The Labute approximate surface area is 122 Å². The smallest absolute Gasteiger partial charge is 0.238 e. The molecule has 0 aliphatic rings. The summed E-state index contributed by atoms with van der Waals surface area (Å²) in [4.78, 5) is 7.68. The molecule has 3 N–H and O–H groups in total. The third kappa shape index (κ3) is 3.73. The number of nitrogens with one attached hydrogen (secondary N) is 1. The molecule has 2 rings (SSSR count). The van der Waals surface area contributed by atoms with Crippen molar-refractivity contribution in [3.8, 4) is 0 Å². The first-order chi connectivity index (χ1) is 9.91. The van der Waals surface area contributed by atoms with Crippen LogP contribution in [0.3, 0.4) is 0 Å². The lowest BCUT2D eigenvalue weighted by atomic mass is 10.2. The quantitative estimate of drug-likeness (QED) is 0.870. The van der Waals surface area contributed by atoms with Gasteiger partial charge >= 0.3 is 0 Å². The van der Waals surface area contributed by atoms with Crippen molar-refractivity contribution in [2.45, 2.75) is 24.8 Å². The Morgan fingerprint density at radius 1 is 1.33 bits per heavy atom. The van der Waals surface area contributed by atoms with Gasteiger partial charge in [0.2, 0.25) is 10.0 Å². The maximum absolute atomic E-state index is 13.9. The zero-order valence-electron chi connectivity index (χ0n) is 11.4. The Morgan fingerprint density at radius 3 is 2.76 bits per heavy atom. The number of nitrogens with two attached hydrogens (primary N) is 1. The number of aryl methyl sites for hydroxylation is 1. The van der Waals surface area contributed by atoms with Crippen molar-refractivity contribution in [2.24, 2.45) is 5.14 Å². The lowest BCUT2D eigenvalue weighted by Gasteiger charge is -2.09. The molecule has 112 valence electrons. The van der Waals surface area contributed by atoms with Crippen molar-refractivity contribution in [2.75, 3.05) is 5.32 Å². The minimum atomic E-state index is -3.75. The Bertz CT molecular complexity index is 750. The molecule has 2 aromatic rings. The Hall–Kier alpha value is -2.06. The van der Waals surface area contributed by atoms with Gasteiger partial charge in [0.15, 0.2) is 11.6 Å². The number of aromatic nitrogens is 2. The minimum Gasteiger partial charge on any atom is -0.363 e. The molecule has 0 amide bonds. The highest BCUT2D eigenvalue weighted by molar-refractivity contribution is 7.89. The molecule has 0 radical (unpaired) electrons. The number of halogens is 1. The van der Waals surface area contributed by atoms with Gasteiger partial charge in [-0.05, 0) is 24.1 Å². The van der Waals surface area contributed by atoms with Crippen LogP contribution in [0.1, 0.15) is 18.2 Å². The summed E-state index contributed by atoms with van der Waals surface area (Å²) in [5.41, 5.74) is 0.975. The van der Waals surface area contributed by atoms with E-state index >= 15 is 0 Å². The van der Waals surface area contributed by atoms with E-state index in [0.717, 1.165) is 0 Å². The lowest BCUT2D eigenvalue weighted by Crippen LogP contribution is -2.13. The van der Waals surface area contributed by atoms with Gasteiger partial charge < -0.3 is 5.32 Å². The van der Waals surface area contributed by atoms with E-state index in [0.29, 0.717) is 17.7 Å². The summed E-state index contributed by atoms with van der Waals surface area (Å²) in [6, 6.07) is 6.12. The zero-order chi connectivity index (χ0) is 15.5. The summed E-state index contributed by atoms with van der Waals surface area (Å²) in [6.45, 7) is 2.02. The van der Waals surface area contributed by atoms with Crippen molar-refractivity contribution in [1.29, 1.82) is 0 Å². The second kappa shape index (κ2) is 6.15. The third-order valence-corrected chi connectivity index (χ3v) is 3.79. The molecule has 0 unspecified atom stereocenters. The normalized spacial score (nSPS) is 11.4. The maximum atomic E-state index is 13.9. The van der Waals surface area contributed by atoms with Crippen LogP contribution in [-0.4, -0.2) is 18.4 Å². The van der Waals surface area contributed by atoms with Crippen LogP contribution in [0.5, 0.6) is 0 Å². The molecular weight excluding hydrogens is 295 g/mol. The number of primary sulfonamides is 1. The van der Waals surface area contributed by atoms with Crippen LogP contribution in [0.4, 0.5) is 10.2 Å². The number of hydrogen-bond acceptors (Lipinski definition) is 5. The number of nitrogens with zero attached hydrogens (tertiary/aromatic N) is 2. The topological polar surface area (TPSA) is 98.0 Å². The van der Waals surface area contributed by atoms with Crippen molar-refractivity contribution in [3.05, 3.63) is 47.7 Å². The fourth-order valence-electron chi connectivity index (χ4n) is 1.79. The monoisotopic (exact) mass is 310 g/mol. The Kier molecular flexibility index (Phi) is 4.49. The minimum absolute atomic E-state index is 0.0132. The highest BCUT2D eigenvalue weighted by Gasteiger charge is 2.11. The number of sulfonamides is 1. The molecule has 0 spiro atoms. The van der Waals surface area contributed by atoms with E-state index < -0.39 is 15.8 Å². The summed E-state index contributed by atoms with van der Waals surface area (Å²) in [5.74, 6) is -0.412. The highest BCUT2D eigenvalue weighted by Crippen LogP contribution is 2.15. The molecule has 0 bridgehead atoms. The summed E-state index contributed by atoms with van der Waals surface area (Å²) >= 11 is 0. The molecule has 6 nitrogen and oxygen atoms in total. The van der Waals surface area contributed by atoms with E-state index in [4.69, 9.17) is 5.14 Å². The number of hydrogen-bond donors (Lipinski definition) is 2. The van der Waals surface area contributed by atoms with Crippen LogP contribution in [0.25, 0.3) is 0 Å². The van der Waals surface area contributed by atoms with Crippen molar-refractivity contribution in [1.82, 2.24) is 9.97 Å². The molecule has 0 saturated heterocycles. The van der Waals surface area contributed by atoms with Crippen LogP contribution in [0.15, 0.2) is 35.5 Å². The van der Waals surface area contributed by atoms with E-state index in [1.165, 1.54) is 18.5 Å². The first-order valence-corrected chi connectivity index (χ1v) is 7.81. The van der Waals surface area contributed by atoms with Gasteiger partial charge in [0.05, 0.1) is 10.6 Å². The van der Waals surface area contributed by atoms with E-state index in [-0.39, 0.29) is 17.3 Å². The second-order valence-electron chi connectivity index (χ2n) is 4.38. The molecule has 0 saturated carbocycles. The predicted octanol–water partition coefficient (Wildman–Crippen LogP) is 1.44. The SMILES string of the molecule is CCc1ncnc(NCc2cccc(S(N)(=O)=O)c2)c1F. The molecule has 1 aromatic carbocycles. The van der Waals surface area contributed by atoms with Crippen LogP contribution < -0.4 is 10.5 Å². The van der Waals surface area contributed by atoms with E-state index in [1.54, 1.807) is 19.1 Å². The van der Waals surface area contributed by atoms with Crippen molar-refractivity contribution in [3.63, 3.8) is 0 Å². The molecule has 1 heterocycles. The second-order valence-corrected chi connectivity index (χ2v) is 5.94. The first kappa shape index (κ1) is 15.3. The van der Waals surface area contributed by atoms with Gasteiger partial charge in [0, 0.05) is 6.54 Å². The van der Waals surface area contributed by atoms with Gasteiger partial charge in [0.25, 0.3) is 0 Å². The van der Waals surface area contributed by atoms with Crippen LogP contribution in [0.2, 0.25) is 0 Å². The van der Waals surface area contributed by atoms with Gasteiger partial charge in [-0.3, -0.25) is 0 Å². The van der Waals surface area contributed by atoms with Gasteiger partial charge in [0.1, 0.15) is 6.33 Å². The summed E-state index contributed by atoms with van der Waals surface area (Å²) < 4.78 is 36.5. The van der Waals surface area contributed by atoms with Crippen molar-refractivity contribution < 1.29 is 12.8 Å². The first-order valence-electron chi connectivity index (χ1n) is 6.26. The highest BCUT2D eigenvalue weighted by atomic mass is 32.2. The number of rotatable bonds is 5. The fraction of sp³-hybridized carbons (Fsp3) is 0.231. The molecule has 0 atom stereocenters. The average molecular weight is 310 g/mol. The molecule has 0 fully saturated rings. The van der Waals surface area contributed by atoms with Gasteiger partial charge in [-0.25, -0.2) is 27.9 Å². The van der Waals surface area contributed by atoms with Crippen LogP contribution >= 0.6 is 0 Å². The van der Waals surface area contributed by atoms with E-state index in [9.17, 15) is 12.8 Å². The molecule has 1 aromatic heterocycles. The Morgan fingerprint density at radius 2 is 2.10 bits per heavy atom. The molecular formula is C13H15FN4O2S. The molecule has 0 aliphatic heterocycles.